The standard InChI is InChI=1S/C14H15N3O2/c1-17-12-5-4-10(7-11(12)8-14(17)19)9-16-13(18)3-2-6-15/h4-5,7H,2-3,8-9H2,1H3,(H,16,18). The molecule has 2 rings (SSSR count). The molecule has 0 spiro atoms. The fraction of sp³-hybridized carbons (Fsp3) is 0.357. The summed E-state index contributed by atoms with van der Waals surface area (Å²) in [5, 5.41) is 11.1. The van der Waals surface area contributed by atoms with Gasteiger partial charge in [0.1, 0.15) is 0 Å². The highest BCUT2D eigenvalue weighted by molar-refractivity contribution is 6.00. The van der Waals surface area contributed by atoms with E-state index in [0.29, 0.717) is 13.0 Å². The van der Waals surface area contributed by atoms with Crippen molar-refractivity contribution in [3.05, 3.63) is 29.3 Å². The largest absolute Gasteiger partial charge is 0.352 e. The summed E-state index contributed by atoms with van der Waals surface area (Å²) in [6.45, 7) is 0.426. The van der Waals surface area contributed by atoms with E-state index in [0.717, 1.165) is 16.8 Å². The van der Waals surface area contributed by atoms with Crippen molar-refractivity contribution >= 4 is 17.5 Å². The fourth-order valence-electron chi connectivity index (χ4n) is 2.09. The van der Waals surface area contributed by atoms with Crippen LogP contribution >= 0.6 is 0 Å². The average molecular weight is 257 g/mol. The van der Waals surface area contributed by atoms with Crippen LogP contribution in [0.2, 0.25) is 0 Å². The molecule has 0 bridgehead atoms. The molecule has 0 radical (unpaired) electrons. The molecule has 0 saturated carbocycles. The summed E-state index contributed by atoms with van der Waals surface area (Å²) < 4.78 is 0. The number of hydrogen-bond acceptors (Lipinski definition) is 3. The number of nitriles is 1. The van der Waals surface area contributed by atoms with Crippen LogP contribution in [0.1, 0.15) is 24.0 Å². The van der Waals surface area contributed by atoms with Gasteiger partial charge in [-0.3, -0.25) is 9.59 Å². The van der Waals surface area contributed by atoms with Crippen LogP contribution in [-0.2, 0) is 22.6 Å². The Kier molecular flexibility index (Phi) is 3.81. The lowest BCUT2D eigenvalue weighted by Gasteiger charge is -2.10. The molecule has 0 fully saturated rings. The molecule has 0 unspecified atom stereocenters. The van der Waals surface area contributed by atoms with E-state index in [1.165, 1.54) is 0 Å². The first kappa shape index (κ1) is 13.1. The number of carbonyl (C=O) groups is 2. The number of nitrogens with one attached hydrogen (secondary N) is 1. The molecule has 2 amide bonds. The lowest BCUT2D eigenvalue weighted by atomic mass is 10.1. The number of nitrogens with zero attached hydrogens (tertiary/aromatic N) is 2. The van der Waals surface area contributed by atoms with Crippen LogP contribution in [-0.4, -0.2) is 18.9 Å². The molecule has 98 valence electrons. The van der Waals surface area contributed by atoms with E-state index in [1.54, 1.807) is 11.9 Å². The summed E-state index contributed by atoms with van der Waals surface area (Å²) in [6.07, 6.45) is 0.875. The maximum atomic E-state index is 11.6. The Hall–Kier alpha value is -2.35. The van der Waals surface area contributed by atoms with E-state index in [9.17, 15) is 9.59 Å². The van der Waals surface area contributed by atoms with Crippen LogP contribution in [0.4, 0.5) is 5.69 Å². The van der Waals surface area contributed by atoms with Crippen LogP contribution in [0.25, 0.3) is 0 Å². The zero-order valence-electron chi connectivity index (χ0n) is 10.8. The molecule has 0 aromatic heterocycles. The second-order valence-corrected chi connectivity index (χ2v) is 4.53. The van der Waals surface area contributed by atoms with Gasteiger partial charge in [-0.15, -0.1) is 0 Å². The number of anilines is 1. The summed E-state index contributed by atoms with van der Waals surface area (Å²) in [5.41, 5.74) is 2.90. The predicted octanol–water partition coefficient (Wildman–Crippen LogP) is 1.13. The smallest absolute Gasteiger partial charge is 0.231 e. The first-order chi connectivity index (χ1) is 9.11. The molecular weight excluding hydrogens is 242 g/mol. The lowest BCUT2D eigenvalue weighted by Crippen LogP contribution is -2.22. The Morgan fingerprint density at radius 3 is 3.05 bits per heavy atom. The molecule has 5 nitrogen and oxygen atoms in total. The Morgan fingerprint density at radius 2 is 2.32 bits per heavy atom. The van der Waals surface area contributed by atoms with Crippen molar-refractivity contribution in [2.75, 3.05) is 11.9 Å². The Morgan fingerprint density at radius 1 is 1.53 bits per heavy atom. The summed E-state index contributed by atoms with van der Waals surface area (Å²) in [4.78, 5) is 24.6. The van der Waals surface area contributed by atoms with Crippen molar-refractivity contribution in [3.63, 3.8) is 0 Å². The number of hydrogen-bond donors (Lipinski definition) is 1. The Balaban J connectivity index is 1.97. The van der Waals surface area contributed by atoms with Crippen LogP contribution in [0.5, 0.6) is 0 Å². The van der Waals surface area contributed by atoms with E-state index < -0.39 is 0 Å². The lowest BCUT2D eigenvalue weighted by molar-refractivity contribution is -0.121. The number of carbonyl (C=O) groups excluding carboxylic acids is 2. The van der Waals surface area contributed by atoms with Crippen molar-refractivity contribution in [2.24, 2.45) is 0 Å². The van der Waals surface area contributed by atoms with E-state index in [4.69, 9.17) is 5.26 Å². The monoisotopic (exact) mass is 257 g/mol. The highest BCUT2D eigenvalue weighted by atomic mass is 16.2. The van der Waals surface area contributed by atoms with Crippen LogP contribution in [0.15, 0.2) is 18.2 Å². The summed E-state index contributed by atoms with van der Waals surface area (Å²) >= 11 is 0. The molecule has 5 heteroatoms. The molecule has 0 saturated heterocycles. The number of fused-ring (bicyclic) bond motifs is 1. The zero-order chi connectivity index (χ0) is 13.8. The summed E-state index contributed by atoms with van der Waals surface area (Å²) in [5.74, 6) is -0.0413. The number of benzene rings is 1. The first-order valence-corrected chi connectivity index (χ1v) is 6.14. The minimum absolute atomic E-state index is 0.0882. The van der Waals surface area contributed by atoms with Crippen molar-refractivity contribution in [1.82, 2.24) is 5.32 Å². The van der Waals surface area contributed by atoms with Gasteiger partial charge in [0.2, 0.25) is 11.8 Å². The molecular formula is C14H15N3O2. The van der Waals surface area contributed by atoms with Crippen molar-refractivity contribution in [2.45, 2.75) is 25.8 Å². The van der Waals surface area contributed by atoms with Crippen molar-refractivity contribution in [1.29, 1.82) is 5.26 Å². The summed E-state index contributed by atoms with van der Waals surface area (Å²) in [7, 11) is 1.76. The van der Waals surface area contributed by atoms with Gasteiger partial charge in [-0.05, 0) is 17.2 Å². The van der Waals surface area contributed by atoms with Crippen LogP contribution in [0, 0.1) is 11.3 Å². The molecule has 1 N–H and O–H groups in total. The van der Waals surface area contributed by atoms with Crippen LogP contribution in [0.3, 0.4) is 0 Å². The quantitative estimate of drug-likeness (QED) is 0.878. The third kappa shape index (κ3) is 2.91. The molecule has 0 atom stereocenters. The van der Waals surface area contributed by atoms with Gasteiger partial charge in [-0.2, -0.15) is 5.26 Å². The molecule has 1 aliphatic rings. The zero-order valence-corrected chi connectivity index (χ0v) is 10.8. The van der Waals surface area contributed by atoms with Gasteiger partial charge in [0.25, 0.3) is 0 Å². The van der Waals surface area contributed by atoms with Gasteiger partial charge < -0.3 is 10.2 Å². The molecule has 1 aromatic carbocycles. The van der Waals surface area contributed by atoms with E-state index >= 15 is 0 Å². The third-order valence-electron chi connectivity index (χ3n) is 3.17. The SMILES string of the molecule is CN1C(=O)Cc2cc(CNC(=O)CCC#N)ccc21. The highest BCUT2D eigenvalue weighted by Crippen LogP contribution is 2.28. The molecule has 1 aromatic rings. The number of amides is 2. The second kappa shape index (κ2) is 5.53. The molecule has 1 aliphatic heterocycles. The molecule has 1 heterocycles. The van der Waals surface area contributed by atoms with Gasteiger partial charge in [0.05, 0.1) is 12.5 Å². The minimum Gasteiger partial charge on any atom is -0.352 e. The maximum Gasteiger partial charge on any atom is 0.231 e. The Bertz CT molecular complexity index is 560. The second-order valence-electron chi connectivity index (χ2n) is 4.53. The topological polar surface area (TPSA) is 73.2 Å². The number of rotatable bonds is 4. The third-order valence-corrected chi connectivity index (χ3v) is 3.17. The number of likely N-dealkylation sites (N-methyl/N-ethyl adjacent to an activating group) is 1. The molecule has 0 aliphatic carbocycles. The fourth-order valence-corrected chi connectivity index (χ4v) is 2.09. The van der Waals surface area contributed by atoms with Gasteiger partial charge in [0, 0.05) is 32.1 Å². The summed E-state index contributed by atoms with van der Waals surface area (Å²) in [6, 6.07) is 7.68. The maximum absolute atomic E-state index is 11.6. The van der Waals surface area contributed by atoms with Gasteiger partial charge in [0.15, 0.2) is 0 Å². The van der Waals surface area contributed by atoms with Crippen molar-refractivity contribution in [3.8, 4) is 6.07 Å². The van der Waals surface area contributed by atoms with Crippen LogP contribution < -0.4 is 10.2 Å². The molecule has 19 heavy (non-hydrogen) atoms. The minimum atomic E-state index is -0.129. The van der Waals surface area contributed by atoms with E-state index in [-0.39, 0.29) is 24.7 Å². The Labute approximate surface area is 111 Å². The van der Waals surface area contributed by atoms with Gasteiger partial charge in [-0.25, -0.2) is 0 Å². The van der Waals surface area contributed by atoms with Gasteiger partial charge >= 0.3 is 0 Å². The van der Waals surface area contributed by atoms with E-state index in [2.05, 4.69) is 5.32 Å². The van der Waals surface area contributed by atoms with E-state index in [1.807, 2.05) is 24.3 Å². The van der Waals surface area contributed by atoms with Crippen molar-refractivity contribution < 1.29 is 9.59 Å². The normalized spacial score (nSPS) is 13.1. The van der Waals surface area contributed by atoms with Gasteiger partial charge in [-0.1, -0.05) is 12.1 Å². The predicted molar refractivity (Wildman–Crippen MR) is 70.2 cm³/mol. The average Bonchev–Trinajstić information content (AvgIpc) is 2.69. The first-order valence-electron chi connectivity index (χ1n) is 6.14. The highest BCUT2D eigenvalue weighted by Gasteiger charge is 2.23.